The smallest absolute Gasteiger partial charge is 0.228 e. The fraction of sp³-hybridized carbons (Fsp3) is 0.867. The van der Waals surface area contributed by atoms with E-state index in [0.29, 0.717) is 6.54 Å². The van der Waals surface area contributed by atoms with E-state index in [2.05, 4.69) is 42.0 Å². The van der Waals surface area contributed by atoms with Crippen molar-refractivity contribution >= 4 is 27.6 Å². The summed E-state index contributed by atoms with van der Waals surface area (Å²) >= 11 is 3.53. The lowest BCUT2D eigenvalue weighted by atomic mass is 9.64. The summed E-state index contributed by atoms with van der Waals surface area (Å²) in [5.74, 6) is 0.261. The van der Waals surface area contributed by atoms with Crippen LogP contribution in [0.25, 0.3) is 0 Å². The summed E-state index contributed by atoms with van der Waals surface area (Å²) in [4.78, 5) is 24.9. The number of alkyl halides is 1. The Morgan fingerprint density at radius 2 is 2.00 bits per heavy atom. The highest BCUT2D eigenvalue weighted by Gasteiger charge is 2.76. The highest BCUT2D eigenvalue weighted by molar-refractivity contribution is 9.10. The van der Waals surface area contributed by atoms with E-state index in [1.54, 1.807) is 0 Å². The number of carbonyl (C=O) groups excluding carboxylic acids is 2. The molecule has 1 amide bonds. The van der Waals surface area contributed by atoms with Crippen LogP contribution in [0.1, 0.15) is 53.4 Å². The van der Waals surface area contributed by atoms with Crippen LogP contribution in [0, 0.1) is 16.2 Å². The first-order valence-electron chi connectivity index (χ1n) is 7.22. The predicted molar refractivity (Wildman–Crippen MR) is 79.2 cm³/mol. The van der Waals surface area contributed by atoms with Crippen LogP contribution in [0.3, 0.4) is 0 Å². The van der Waals surface area contributed by atoms with Gasteiger partial charge < -0.3 is 5.32 Å². The van der Waals surface area contributed by atoms with Crippen molar-refractivity contribution in [3.8, 4) is 0 Å². The number of fused-ring (bicyclic) bond motifs is 2. The average molecular weight is 330 g/mol. The third kappa shape index (κ3) is 1.61. The molecule has 108 valence electrons. The molecular weight excluding hydrogens is 306 g/mol. The largest absolute Gasteiger partial charge is 0.356 e. The molecule has 2 saturated carbocycles. The normalized spacial score (nSPS) is 39.6. The second-order valence-electron chi connectivity index (χ2n) is 6.76. The SMILES string of the molecule is CCCCNC(=O)[C@@]12CC[C@@](C)(C(=O)[C@@H]1Br)C2(C)C. The molecule has 2 rings (SSSR count). The number of unbranched alkanes of at least 4 members (excludes halogenated alkanes) is 1. The molecule has 2 bridgehead atoms. The van der Waals surface area contributed by atoms with Gasteiger partial charge in [-0.05, 0) is 24.7 Å². The lowest BCUT2D eigenvalue weighted by Gasteiger charge is -2.39. The van der Waals surface area contributed by atoms with Crippen molar-refractivity contribution < 1.29 is 9.59 Å². The zero-order chi connectivity index (χ0) is 14.5. The number of carbonyl (C=O) groups is 2. The van der Waals surface area contributed by atoms with Gasteiger partial charge in [-0.25, -0.2) is 0 Å². The molecule has 0 spiro atoms. The van der Waals surface area contributed by atoms with Crippen LogP contribution in [-0.4, -0.2) is 23.1 Å². The number of hydrogen-bond acceptors (Lipinski definition) is 2. The molecule has 1 N–H and O–H groups in total. The van der Waals surface area contributed by atoms with Gasteiger partial charge in [0.15, 0.2) is 5.78 Å². The molecule has 3 atom stereocenters. The van der Waals surface area contributed by atoms with Crippen molar-refractivity contribution in [1.29, 1.82) is 0 Å². The van der Waals surface area contributed by atoms with Gasteiger partial charge in [-0.1, -0.05) is 50.0 Å². The Morgan fingerprint density at radius 3 is 2.47 bits per heavy atom. The maximum Gasteiger partial charge on any atom is 0.228 e. The van der Waals surface area contributed by atoms with Gasteiger partial charge in [0.05, 0.1) is 10.2 Å². The zero-order valence-corrected chi connectivity index (χ0v) is 13.9. The van der Waals surface area contributed by atoms with Crippen LogP contribution in [-0.2, 0) is 9.59 Å². The summed E-state index contributed by atoms with van der Waals surface area (Å²) in [6, 6.07) is 0. The zero-order valence-electron chi connectivity index (χ0n) is 12.3. The second kappa shape index (κ2) is 4.57. The number of halogens is 1. The maximum absolute atomic E-state index is 12.7. The molecule has 0 aromatic rings. The van der Waals surface area contributed by atoms with E-state index in [4.69, 9.17) is 0 Å². The lowest BCUT2D eigenvalue weighted by Crippen LogP contribution is -2.51. The number of nitrogens with one attached hydrogen (secondary N) is 1. The summed E-state index contributed by atoms with van der Waals surface area (Å²) in [7, 11) is 0. The molecule has 2 aliphatic rings. The van der Waals surface area contributed by atoms with Gasteiger partial charge in [0, 0.05) is 12.0 Å². The van der Waals surface area contributed by atoms with Crippen molar-refractivity contribution in [2.45, 2.75) is 58.2 Å². The minimum Gasteiger partial charge on any atom is -0.356 e. The van der Waals surface area contributed by atoms with Crippen LogP contribution < -0.4 is 5.32 Å². The Balaban J connectivity index is 2.32. The van der Waals surface area contributed by atoms with Crippen LogP contribution >= 0.6 is 15.9 Å². The van der Waals surface area contributed by atoms with Crippen LogP contribution in [0.2, 0.25) is 0 Å². The third-order valence-electron chi connectivity index (χ3n) is 5.94. The highest BCUT2D eigenvalue weighted by Crippen LogP contribution is 2.72. The topological polar surface area (TPSA) is 46.2 Å². The fourth-order valence-corrected chi connectivity index (χ4v) is 5.51. The first-order chi connectivity index (χ1) is 8.75. The predicted octanol–water partition coefficient (Wildman–Crippen LogP) is 3.06. The molecule has 0 saturated heterocycles. The Kier molecular flexibility index (Phi) is 3.62. The van der Waals surface area contributed by atoms with Gasteiger partial charge in [-0.15, -0.1) is 0 Å². The van der Waals surface area contributed by atoms with E-state index < -0.39 is 5.41 Å². The molecule has 0 aromatic heterocycles. The molecular formula is C15H24BrNO2. The Bertz CT molecular complexity index is 420. The lowest BCUT2D eigenvalue weighted by molar-refractivity contribution is -0.135. The molecule has 0 unspecified atom stereocenters. The third-order valence-corrected chi connectivity index (χ3v) is 7.14. The summed E-state index contributed by atoms with van der Waals surface area (Å²) in [6.07, 6.45) is 3.67. The van der Waals surface area contributed by atoms with E-state index in [1.165, 1.54) is 0 Å². The number of ketones is 1. The van der Waals surface area contributed by atoms with E-state index in [-0.39, 0.29) is 27.3 Å². The first-order valence-corrected chi connectivity index (χ1v) is 8.14. The van der Waals surface area contributed by atoms with Crippen molar-refractivity contribution in [2.75, 3.05) is 6.54 Å². The molecule has 4 heteroatoms. The van der Waals surface area contributed by atoms with E-state index in [1.807, 2.05) is 6.92 Å². The fourth-order valence-electron chi connectivity index (χ4n) is 3.99. The number of rotatable bonds is 4. The van der Waals surface area contributed by atoms with Crippen molar-refractivity contribution in [3.63, 3.8) is 0 Å². The Morgan fingerprint density at radius 1 is 1.37 bits per heavy atom. The first kappa shape index (κ1) is 15.0. The number of amides is 1. The van der Waals surface area contributed by atoms with Crippen LogP contribution in [0.4, 0.5) is 0 Å². The Hall–Kier alpha value is -0.380. The molecule has 0 heterocycles. The van der Waals surface area contributed by atoms with Crippen molar-refractivity contribution in [3.05, 3.63) is 0 Å². The van der Waals surface area contributed by atoms with Gasteiger partial charge in [0.25, 0.3) is 0 Å². The molecule has 19 heavy (non-hydrogen) atoms. The summed E-state index contributed by atoms with van der Waals surface area (Å²) in [6.45, 7) is 9.00. The van der Waals surface area contributed by atoms with Gasteiger partial charge in [0.2, 0.25) is 5.91 Å². The van der Waals surface area contributed by atoms with E-state index in [9.17, 15) is 9.59 Å². The Labute approximate surface area is 124 Å². The van der Waals surface area contributed by atoms with E-state index >= 15 is 0 Å². The summed E-state index contributed by atoms with van der Waals surface area (Å²) < 4.78 is 0. The van der Waals surface area contributed by atoms with Crippen LogP contribution in [0.5, 0.6) is 0 Å². The molecule has 2 fully saturated rings. The minimum atomic E-state index is -0.577. The maximum atomic E-state index is 12.7. The second-order valence-corrected chi connectivity index (χ2v) is 7.68. The number of hydrogen-bond donors (Lipinski definition) is 1. The standard InChI is InChI=1S/C15H24BrNO2/c1-5-6-9-17-12(19)15-8-7-14(4,13(15,2)3)11(18)10(15)16/h10H,5-9H2,1-4H3,(H,17,19)/t10-,14-,15+/m0/s1. The highest BCUT2D eigenvalue weighted by atomic mass is 79.9. The van der Waals surface area contributed by atoms with E-state index in [0.717, 1.165) is 25.7 Å². The molecule has 3 nitrogen and oxygen atoms in total. The van der Waals surface area contributed by atoms with Crippen molar-refractivity contribution in [1.82, 2.24) is 5.32 Å². The molecule has 0 aromatic carbocycles. The molecule has 0 radical (unpaired) electrons. The summed E-state index contributed by atoms with van der Waals surface area (Å²) in [5.41, 5.74) is -1.24. The van der Waals surface area contributed by atoms with Gasteiger partial charge in [-0.3, -0.25) is 9.59 Å². The average Bonchev–Trinajstić information content (AvgIpc) is 2.62. The van der Waals surface area contributed by atoms with Crippen LogP contribution in [0.15, 0.2) is 0 Å². The summed E-state index contributed by atoms with van der Waals surface area (Å²) in [5, 5.41) is 3.05. The van der Waals surface area contributed by atoms with Gasteiger partial charge in [-0.2, -0.15) is 0 Å². The minimum absolute atomic E-state index is 0.0578. The van der Waals surface area contributed by atoms with Crippen molar-refractivity contribution in [2.24, 2.45) is 16.2 Å². The monoisotopic (exact) mass is 329 g/mol. The van der Waals surface area contributed by atoms with Gasteiger partial charge in [0.1, 0.15) is 0 Å². The van der Waals surface area contributed by atoms with Gasteiger partial charge >= 0.3 is 0 Å². The molecule has 2 aliphatic carbocycles. The quantitative estimate of drug-likeness (QED) is 0.636. The number of Topliss-reactive ketones (excluding diaryl/α,β-unsaturated/α-hetero) is 1. The molecule has 0 aliphatic heterocycles.